The van der Waals surface area contributed by atoms with Gasteiger partial charge in [0.05, 0.1) is 18.8 Å². The SMILES string of the molecule is O=C(c1cc(Br)ccc1Br)N1CCC2(CC1)OCCO2. The molecule has 0 N–H and O–H groups in total. The lowest BCUT2D eigenvalue weighted by Crippen LogP contribution is -2.47. The normalized spacial score (nSPS) is 21.4. The van der Waals surface area contributed by atoms with Gasteiger partial charge in [0, 0.05) is 34.9 Å². The van der Waals surface area contributed by atoms with Gasteiger partial charge in [0.15, 0.2) is 5.79 Å². The summed E-state index contributed by atoms with van der Waals surface area (Å²) in [6.07, 6.45) is 1.48. The van der Waals surface area contributed by atoms with Crippen molar-refractivity contribution < 1.29 is 14.3 Å². The number of hydrogen-bond donors (Lipinski definition) is 0. The van der Waals surface area contributed by atoms with Crippen LogP contribution in [0.1, 0.15) is 23.2 Å². The third-order valence-corrected chi connectivity index (χ3v) is 4.97. The van der Waals surface area contributed by atoms with E-state index in [1.807, 2.05) is 23.1 Å². The van der Waals surface area contributed by atoms with Gasteiger partial charge in [0.25, 0.3) is 5.91 Å². The summed E-state index contributed by atoms with van der Waals surface area (Å²) in [6, 6.07) is 5.64. The molecule has 1 aromatic carbocycles. The van der Waals surface area contributed by atoms with Crippen LogP contribution >= 0.6 is 31.9 Å². The molecule has 0 bridgehead atoms. The maximum absolute atomic E-state index is 12.6. The van der Waals surface area contributed by atoms with Crippen molar-refractivity contribution in [2.75, 3.05) is 26.3 Å². The van der Waals surface area contributed by atoms with Crippen LogP contribution in [-0.4, -0.2) is 42.9 Å². The van der Waals surface area contributed by atoms with Crippen molar-refractivity contribution in [3.8, 4) is 0 Å². The van der Waals surface area contributed by atoms with Crippen LogP contribution in [0.3, 0.4) is 0 Å². The maximum atomic E-state index is 12.6. The Labute approximate surface area is 134 Å². The first-order chi connectivity index (χ1) is 9.60. The van der Waals surface area contributed by atoms with E-state index in [0.29, 0.717) is 31.9 Å². The van der Waals surface area contributed by atoms with Crippen molar-refractivity contribution in [3.05, 3.63) is 32.7 Å². The van der Waals surface area contributed by atoms with Crippen molar-refractivity contribution in [1.29, 1.82) is 0 Å². The van der Waals surface area contributed by atoms with Gasteiger partial charge in [0.2, 0.25) is 0 Å². The van der Waals surface area contributed by atoms with Crippen molar-refractivity contribution in [3.63, 3.8) is 0 Å². The zero-order chi connectivity index (χ0) is 14.2. The molecule has 3 rings (SSSR count). The second-order valence-electron chi connectivity index (χ2n) is 5.02. The largest absolute Gasteiger partial charge is 0.347 e. The molecule has 2 aliphatic heterocycles. The first-order valence-corrected chi connectivity index (χ1v) is 8.20. The number of likely N-dealkylation sites (tertiary alicyclic amines) is 1. The first kappa shape index (κ1) is 14.5. The Morgan fingerprint density at radius 2 is 1.80 bits per heavy atom. The molecule has 0 saturated carbocycles. The first-order valence-electron chi connectivity index (χ1n) is 6.62. The number of benzene rings is 1. The Balaban J connectivity index is 1.71. The number of rotatable bonds is 1. The second kappa shape index (κ2) is 5.75. The van der Waals surface area contributed by atoms with Crippen molar-refractivity contribution in [2.24, 2.45) is 0 Å². The van der Waals surface area contributed by atoms with E-state index in [2.05, 4.69) is 31.9 Å². The van der Waals surface area contributed by atoms with E-state index in [1.54, 1.807) is 0 Å². The molecule has 20 heavy (non-hydrogen) atoms. The molecule has 1 spiro atoms. The molecule has 2 fully saturated rings. The fraction of sp³-hybridized carbons (Fsp3) is 0.500. The summed E-state index contributed by atoms with van der Waals surface area (Å²) in [4.78, 5) is 14.4. The number of halogens is 2. The van der Waals surface area contributed by atoms with Gasteiger partial charge >= 0.3 is 0 Å². The lowest BCUT2D eigenvalue weighted by Gasteiger charge is -2.37. The second-order valence-corrected chi connectivity index (χ2v) is 6.79. The van der Waals surface area contributed by atoms with Gasteiger partial charge < -0.3 is 14.4 Å². The highest BCUT2D eigenvalue weighted by Crippen LogP contribution is 2.32. The molecule has 0 atom stereocenters. The standard InChI is InChI=1S/C14H15Br2NO3/c15-10-1-2-12(16)11(9-10)13(18)17-5-3-14(4-6-17)19-7-8-20-14/h1-2,9H,3-8H2. The number of amides is 1. The smallest absolute Gasteiger partial charge is 0.255 e. The minimum absolute atomic E-state index is 0.0472. The van der Waals surface area contributed by atoms with E-state index in [4.69, 9.17) is 9.47 Å². The molecule has 0 aromatic heterocycles. The maximum Gasteiger partial charge on any atom is 0.255 e. The molecule has 1 amide bonds. The van der Waals surface area contributed by atoms with Crippen LogP contribution in [0.4, 0.5) is 0 Å². The van der Waals surface area contributed by atoms with Gasteiger partial charge in [-0.05, 0) is 34.1 Å². The Hall–Kier alpha value is -0.430. The number of nitrogens with zero attached hydrogens (tertiary/aromatic N) is 1. The van der Waals surface area contributed by atoms with E-state index in [1.165, 1.54) is 0 Å². The third-order valence-electron chi connectivity index (χ3n) is 3.78. The molecule has 0 radical (unpaired) electrons. The van der Waals surface area contributed by atoms with Crippen molar-refractivity contribution in [1.82, 2.24) is 4.90 Å². The van der Waals surface area contributed by atoms with Crippen LogP contribution in [-0.2, 0) is 9.47 Å². The summed E-state index contributed by atoms with van der Waals surface area (Å²) in [7, 11) is 0. The van der Waals surface area contributed by atoms with Gasteiger partial charge in [-0.3, -0.25) is 4.79 Å². The molecule has 6 heteroatoms. The predicted molar refractivity (Wildman–Crippen MR) is 81.6 cm³/mol. The van der Waals surface area contributed by atoms with E-state index >= 15 is 0 Å². The Morgan fingerprint density at radius 3 is 2.45 bits per heavy atom. The van der Waals surface area contributed by atoms with Gasteiger partial charge in [-0.1, -0.05) is 15.9 Å². The number of piperidine rings is 1. The monoisotopic (exact) mass is 403 g/mol. The van der Waals surface area contributed by atoms with E-state index < -0.39 is 5.79 Å². The van der Waals surface area contributed by atoms with Crippen LogP contribution in [0, 0.1) is 0 Å². The minimum atomic E-state index is -0.439. The molecule has 108 valence electrons. The fourth-order valence-electron chi connectivity index (χ4n) is 2.67. The van der Waals surface area contributed by atoms with Gasteiger partial charge in [-0.2, -0.15) is 0 Å². The van der Waals surface area contributed by atoms with Crippen molar-refractivity contribution in [2.45, 2.75) is 18.6 Å². The van der Waals surface area contributed by atoms with Crippen LogP contribution in [0.15, 0.2) is 27.1 Å². The summed E-state index contributed by atoms with van der Waals surface area (Å²) in [6.45, 7) is 2.64. The molecule has 0 aliphatic carbocycles. The summed E-state index contributed by atoms with van der Waals surface area (Å²) < 4.78 is 13.1. The lowest BCUT2D eigenvalue weighted by molar-refractivity contribution is -0.181. The van der Waals surface area contributed by atoms with Crippen LogP contribution in [0.2, 0.25) is 0 Å². The molecule has 4 nitrogen and oxygen atoms in total. The van der Waals surface area contributed by atoms with Crippen molar-refractivity contribution >= 4 is 37.8 Å². The summed E-state index contributed by atoms with van der Waals surface area (Å²) >= 11 is 6.85. The Morgan fingerprint density at radius 1 is 1.15 bits per heavy atom. The highest BCUT2D eigenvalue weighted by molar-refractivity contribution is 9.11. The number of carbonyl (C=O) groups is 1. The van der Waals surface area contributed by atoms with Crippen LogP contribution < -0.4 is 0 Å². The molecule has 2 heterocycles. The molecular formula is C14H15Br2NO3. The Bertz CT molecular complexity index is 519. The fourth-order valence-corrected chi connectivity index (χ4v) is 3.45. The van der Waals surface area contributed by atoms with Gasteiger partial charge in [0.1, 0.15) is 0 Å². The number of ether oxygens (including phenoxy) is 2. The molecule has 1 aromatic rings. The summed E-state index contributed by atoms with van der Waals surface area (Å²) in [5.41, 5.74) is 0.684. The predicted octanol–water partition coefficient (Wildman–Crippen LogP) is 3.19. The van der Waals surface area contributed by atoms with Crippen LogP contribution in [0.5, 0.6) is 0 Å². The quantitative estimate of drug-likeness (QED) is 0.721. The topological polar surface area (TPSA) is 38.8 Å². The summed E-state index contributed by atoms with van der Waals surface area (Å²) in [5, 5.41) is 0. The zero-order valence-electron chi connectivity index (χ0n) is 10.9. The number of carbonyl (C=O) groups excluding carboxylic acids is 1. The molecule has 0 unspecified atom stereocenters. The molecule has 2 aliphatic rings. The van der Waals surface area contributed by atoms with Gasteiger partial charge in [-0.15, -0.1) is 0 Å². The zero-order valence-corrected chi connectivity index (χ0v) is 14.1. The van der Waals surface area contributed by atoms with E-state index in [0.717, 1.165) is 21.8 Å². The van der Waals surface area contributed by atoms with Gasteiger partial charge in [-0.25, -0.2) is 0 Å². The molecular weight excluding hydrogens is 390 g/mol. The van der Waals surface area contributed by atoms with E-state index in [-0.39, 0.29) is 5.91 Å². The lowest BCUT2D eigenvalue weighted by atomic mass is 10.0. The van der Waals surface area contributed by atoms with Crippen LogP contribution in [0.25, 0.3) is 0 Å². The summed E-state index contributed by atoms with van der Waals surface area (Å²) in [5.74, 6) is -0.392. The highest BCUT2D eigenvalue weighted by Gasteiger charge is 2.41. The minimum Gasteiger partial charge on any atom is -0.347 e. The Kier molecular flexibility index (Phi) is 4.17. The average molecular weight is 405 g/mol. The highest BCUT2D eigenvalue weighted by atomic mass is 79.9. The third kappa shape index (κ3) is 2.79. The van der Waals surface area contributed by atoms with E-state index in [9.17, 15) is 4.79 Å². The number of hydrogen-bond acceptors (Lipinski definition) is 3. The molecule has 2 saturated heterocycles. The average Bonchev–Trinajstić information content (AvgIpc) is 2.90.